The highest BCUT2D eigenvalue weighted by Gasteiger charge is 2.10. The molecule has 0 radical (unpaired) electrons. The first-order valence-electron chi connectivity index (χ1n) is 8.22. The summed E-state index contributed by atoms with van der Waals surface area (Å²) in [6.45, 7) is 7.02. The average Bonchev–Trinajstić information content (AvgIpc) is 2.60. The molecule has 0 aromatic heterocycles. The molecule has 0 bridgehead atoms. The highest BCUT2D eigenvalue weighted by molar-refractivity contribution is 5.94. The summed E-state index contributed by atoms with van der Waals surface area (Å²) in [6.07, 6.45) is 0.852. The topological polar surface area (TPSA) is 62.8 Å². The zero-order chi connectivity index (χ0) is 16.3. The summed E-state index contributed by atoms with van der Waals surface area (Å²) in [5.41, 5.74) is 0.662. The molecule has 2 N–H and O–H groups in total. The second-order valence-corrected chi connectivity index (χ2v) is 5.57. The number of rotatable bonds is 9. The van der Waals surface area contributed by atoms with Crippen molar-refractivity contribution in [3.8, 4) is 5.75 Å². The predicted octanol–water partition coefficient (Wildman–Crippen LogP) is 1.16. The second-order valence-electron chi connectivity index (χ2n) is 5.57. The molecule has 1 aliphatic heterocycles. The summed E-state index contributed by atoms with van der Waals surface area (Å²) in [6, 6.07) is 7.26. The van der Waals surface area contributed by atoms with E-state index in [2.05, 4.69) is 15.5 Å². The number of hydrogen-bond acceptors (Lipinski definition) is 5. The van der Waals surface area contributed by atoms with Crippen LogP contribution in [0.4, 0.5) is 0 Å². The van der Waals surface area contributed by atoms with Gasteiger partial charge in [-0.15, -0.1) is 12.4 Å². The highest BCUT2D eigenvalue weighted by atomic mass is 35.5. The summed E-state index contributed by atoms with van der Waals surface area (Å²) >= 11 is 0. The van der Waals surface area contributed by atoms with Crippen LogP contribution in [0.1, 0.15) is 16.8 Å². The molecule has 1 heterocycles. The molecule has 24 heavy (non-hydrogen) atoms. The molecule has 1 aromatic carbocycles. The number of piperazine rings is 1. The molecule has 0 unspecified atom stereocenters. The number of methoxy groups -OCH3 is 1. The van der Waals surface area contributed by atoms with Crippen LogP contribution in [0.15, 0.2) is 24.3 Å². The van der Waals surface area contributed by atoms with Crippen molar-refractivity contribution in [3.05, 3.63) is 29.8 Å². The average molecular weight is 358 g/mol. The van der Waals surface area contributed by atoms with E-state index in [1.54, 1.807) is 19.2 Å². The minimum atomic E-state index is -0.0360. The van der Waals surface area contributed by atoms with E-state index in [0.29, 0.717) is 25.3 Å². The first-order chi connectivity index (χ1) is 11.3. The van der Waals surface area contributed by atoms with E-state index < -0.39 is 0 Å². The first kappa shape index (κ1) is 20.7. The smallest absolute Gasteiger partial charge is 0.251 e. The molecule has 136 valence electrons. The summed E-state index contributed by atoms with van der Waals surface area (Å²) in [7, 11) is 1.68. The third kappa shape index (κ3) is 7.49. The number of nitrogens with zero attached hydrogens (tertiary/aromatic N) is 1. The van der Waals surface area contributed by atoms with Crippen molar-refractivity contribution < 1.29 is 14.3 Å². The summed E-state index contributed by atoms with van der Waals surface area (Å²) in [5, 5.41) is 6.29. The third-order valence-electron chi connectivity index (χ3n) is 3.80. The molecule has 1 fully saturated rings. The molecule has 1 amide bonds. The van der Waals surface area contributed by atoms with Crippen molar-refractivity contribution in [1.29, 1.82) is 0 Å². The quantitative estimate of drug-likeness (QED) is 0.649. The van der Waals surface area contributed by atoms with Crippen molar-refractivity contribution in [2.75, 3.05) is 59.6 Å². The minimum Gasteiger partial charge on any atom is -0.494 e. The van der Waals surface area contributed by atoms with Crippen LogP contribution >= 0.6 is 12.4 Å². The number of carbonyl (C=O) groups is 1. The Bertz CT molecular complexity index is 465. The van der Waals surface area contributed by atoms with Crippen LogP contribution < -0.4 is 15.4 Å². The van der Waals surface area contributed by atoms with Gasteiger partial charge in [-0.3, -0.25) is 9.69 Å². The van der Waals surface area contributed by atoms with Crippen LogP contribution in [0.2, 0.25) is 0 Å². The lowest BCUT2D eigenvalue weighted by Crippen LogP contribution is -2.46. The lowest BCUT2D eigenvalue weighted by Gasteiger charge is -2.27. The molecule has 1 aliphatic rings. The number of halogens is 1. The number of hydrogen-bond donors (Lipinski definition) is 2. The van der Waals surface area contributed by atoms with Gasteiger partial charge in [0, 0.05) is 65.0 Å². The number of ether oxygens (including phenoxy) is 2. The largest absolute Gasteiger partial charge is 0.494 e. The normalized spacial score (nSPS) is 14.7. The summed E-state index contributed by atoms with van der Waals surface area (Å²) in [4.78, 5) is 14.5. The van der Waals surface area contributed by atoms with E-state index in [1.165, 1.54) is 0 Å². The van der Waals surface area contributed by atoms with Crippen molar-refractivity contribution in [3.63, 3.8) is 0 Å². The number of benzene rings is 1. The fourth-order valence-corrected chi connectivity index (χ4v) is 2.46. The molecule has 7 heteroatoms. The summed E-state index contributed by atoms with van der Waals surface area (Å²) in [5.74, 6) is 0.740. The fourth-order valence-electron chi connectivity index (χ4n) is 2.46. The Hall–Kier alpha value is -1.34. The maximum atomic E-state index is 12.1. The molecular weight excluding hydrogens is 330 g/mol. The van der Waals surface area contributed by atoms with Crippen LogP contribution in [-0.2, 0) is 4.74 Å². The molecule has 0 aliphatic carbocycles. The Morgan fingerprint density at radius 1 is 1.21 bits per heavy atom. The standard InChI is InChI=1S/C17H27N3O3.ClH/c1-22-13-2-14-23-16-5-3-15(4-6-16)17(21)19-9-12-20-10-7-18-8-11-20;/h3-6,18H,2,7-14H2,1H3,(H,19,21);1H. The molecule has 1 saturated heterocycles. The van der Waals surface area contributed by atoms with Crippen molar-refractivity contribution in [2.45, 2.75) is 6.42 Å². The van der Waals surface area contributed by atoms with Gasteiger partial charge in [0.05, 0.1) is 6.61 Å². The fraction of sp³-hybridized carbons (Fsp3) is 0.588. The van der Waals surface area contributed by atoms with Crippen molar-refractivity contribution in [1.82, 2.24) is 15.5 Å². The zero-order valence-corrected chi connectivity index (χ0v) is 15.1. The van der Waals surface area contributed by atoms with Gasteiger partial charge in [-0.1, -0.05) is 0 Å². The number of amides is 1. The van der Waals surface area contributed by atoms with E-state index in [1.807, 2.05) is 12.1 Å². The maximum absolute atomic E-state index is 12.1. The zero-order valence-electron chi connectivity index (χ0n) is 14.3. The van der Waals surface area contributed by atoms with E-state index in [-0.39, 0.29) is 18.3 Å². The molecule has 0 saturated carbocycles. The molecule has 1 aromatic rings. The summed E-state index contributed by atoms with van der Waals surface area (Å²) < 4.78 is 10.6. The van der Waals surface area contributed by atoms with Gasteiger partial charge in [0.15, 0.2) is 0 Å². The van der Waals surface area contributed by atoms with Crippen molar-refractivity contribution >= 4 is 18.3 Å². The second kappa shape index (κ2) is 12.1. The maximum Gasteiger partial charge on any atom is 0.251 e. The molecule has 0 atom stereocenters. The van der Waals surface area contributed by atoms with Gasteiger partial charge in [-0.2, -0.15) is 0 Å². The molecular formula is C17H28ClN3O3. The predicted molar refractivity (Wildman–Crippen MR) is 97.3 cm³/mol. The Labute approximate surface area is 150 Å². The Morgan fingerprint density at radius 2 is 1.92 bits per heavy atom. The van der Waals surface area contributed by atoms with E-state index in [0.717, 1.165) is 44.9 Å². The molecule has 2 rings (SSSR count). The molecule has 6 nitrogen and oxygen atoms in total. The lowest BCUT2D eigenvalue weighted by molar-refractivity contribution is 0.0947. The van der Waals surface area contributed by atoms with Gasteiger partial charge < -0.3 is 20.1 Å². The van der Waals surface area contributed by atoms with E-state index in [9.17, 15) is 4.79 Å². The third-order valence-corrected chi connectivity index (χ3v) is 3.80. The highest BCUT2D eigenvalue weighted by Crippen LogP contribution is 2.12. The van der Waals surface area contributed by atoms with Gasteiger partial charge in [0.1, 0.15) is 5.75 Å². The minimum absolute atomic E-state index is 0. The SMILES string of the molecule is COCCCOc1ccc(C(=O)NCCN2CCNCC2)cc1.Cl. The number of nitrogens with one attached hydrogen (secondary N) is 2. The van der Waals surface area contributed by atoms with Crippen LogP contribution in [-0.4, -0.2) is 70.4 Å². The van der Waals surface area contributed by atoms with Gasteiger partial charge in [-0.25, -0.2) is 0 Å². The van der Waals surface area contributed by atoms with Crippen LogP contribution in [0.5, 0.6) is 5.75 Å². The Balaban J connectivity index is 0.00000288. The van der Waals surface area contributed by atoms with E-state index >= 15 is 0 Å². The van der Waals surface area contributed by atoms with Gasteiger partial charge in [-0.05, 0) is 24.3 Å². The van der Waals surface area contributed by atoms with Crippen LogP contribution in [0.3, 0.4) is 0 Å². The first-order valence-corrected chi connectivity index (χ1v) is 8.22. The van der Waals surface area contributed by atoms with Gasteiger partial charge in [0.2, 0.25) is 0 Å². The van der Waals surface area contributed by atoms with E-state index in [4.69, 9.17) is 9.47 Å². The van der Waals surface area contributed by atoms with Crippen molar-refractivity contribution in [2.24, 2.45) is 0 Å². The lowest BCUT2D eigenvalue weighted by atomic mass is 10.2. The van der Waals surface area contributed by atoms with Gasteiger partial charge in [0.25, 0.3) is 5.91 Å². The Morgan fingerprint density at radius 3 is 2.58 bits per heavy atom. The Kier molecular flexibility index (Phi) is 10.4. The van der Waals surface area contributed by atoms with Crippen LogP contribution in [0, 0.1) is 0 Å². The van der Waals surface area contributed by atoms with Crippen LogP contribution in [0.25, 0.3) is 0 Å². The monoisotopic (exact) mass is 357 g/mol. The number of carbonyl (C=O) groups excluding carboxylic acids is 1. The molecule has 0 spiro atoms. The van der Waals surface area contributed by atoms with Gasteiger partial charge >= 0.3 is 0 Å².